The van der Waals surface area contributed by atoms with Crippen molar-refractivity contribution in [3.63, 3.8) is 0 Å². The van der Waals surface area contributed by atoms with Gasteiger partial charge in [0, 0.05) is 18.8 Å². The average molecular weight is 454 g/mol. The topological polar surface area (TPSA) is 104 Å². The lowest BCUT2D eigenvalue weighted by molar-refractivity contribution is -0.0352. The SMILES string of the molecule is CCCC[C@]1(O)CN(S(=O)(=O)c2ccc(Cl)cn2)CC1Oc1ccc(C#N)c(F)c1. The molecule has 1 N–H and O–H groups in total. The first-order valence-corrected chi connectivity index (χ1v) is 11.2. The molecule has 0 aliphatic carbocycles. The van der Waals surface area contributed by atoms with Gasteiger partial charge in [0.05, 0.1) is 17.1 Å². The van der Waals surface area contributed by atoms with Crippen LogP contribution in [-0.2, 0) is 10.0 Å². The van der Waals surface area contributed by atoms with Gasteiger partial charge < -0.3 is 9.84 Å². The number of hydrogen-bond donors (Lipinski definition) is 1. The van der Waals surface area contributed by atoms with Gasteiger partial charge >= 0.3 is 0 Å². The van der Waals surface area contributed by atoms with E-state index in [1.54, 1.807) is 6.07 Å². The molecular formula is C20H21ClFN3O4S. The summed E-state index contributed by atoms with van der Waals surface area (Å²) in [6, 6.07) is 8.19. The number of nitriles is 1. The first-order valence-electron chi connectivity index (χ1n) is 9.40. The number of hydrogen-bond acceptors (Lipinski definition) is 6. The van der Waals surface area contributed by atoms with Crippen LogP contribution in [0.25, 0.3) is 0 Å². The van der Waals surface area contributed by atoms with Crippen molar-refractivity contribution in [2.45, 2.75) is 42.9 Å². The monoisotopic (exact) mass is 453 g/mol. The number of β-amino-alcohol motifs (C(OH)–C–C–N with tert-alkyl or cyclic N) is 1. The second-order valence-corrected chi connectivity index (χ2v) is 9.50. The summed E-state index contributed by atoms with van der Waals surface area (Å²) in [5, 5.41) is 20.2. The molecule has 1 unspecified atom stereocenters. The lowest BCUT2D eigenvalue weighted by Gasteiger charge is -2.29. The summed E-state index contributed by atoms with van der Waals surface area (Å²) in [5.74, 6) is -0.643. The Bertz CT molecular complexity index is 1060. The summed E-state index contributed by atoms with van der Waals surface area (Å²) >= 11 is 5.79. The fraction of sp³-hybridized carbons (Fsp3) is 0.400. The van der Waals surface area contributed by atoms with E-state index in [2.05, 4.69) is 4.98 Å². The molecule has 2 heterocycles. The maximum Gasteiger partial charge on any atom is 0.260 e. The van der Waals surface area contributed by atoms with Gasteiger partial charge in [0.15, 0.2) is 5.03 Å². The van der Waals surface area contributed by atoms with Crippen LogP contribution in [0, 0.1) is 17.1 Å². The van der Waals surface area contributed by atoms with Gasteiger partial charge in [-0.3, -0.25) is 0 Å². The van der Waals surface area contributed by atoms with Gasteiger partial charge in [-0.15, -0.1) is 0 Å². The van der Waals surface area contributed by atoms with Crippen LogP contribution < -0.4 is 4.74 Å². The molecule has 2 aromatic rings. The molecule has 1 fully saturated rings. The Morgan fingerprint density at radius 3 is 2.80 bits per heavy atom. The fourth-order valence-electron chi connectivity index (χ4n) is 3.35. The van der Waals surface area contributed by atoms with E-state index >= 15 is 0 Å². The Balaban J connectivity index is 1.88. The maximum absolute atomic E-state index is 13.9. The van der Waals surface area contributed by atoms with Crippen molar-refractivity contribution in [1.82, 2.24) is 9.29 Å². The number of benzene rings is 1. The normalized spacial score (nSPS) is 22.0. The van der Waals surface area contributed by atoms with Crippen molar-refractivity contribution in [2.75, 3.05) is 13.1 Å². The molecule has 1 aliphatic heterocycles. The van der Waals surface area contributed by atoms with E-state index in [0.29, 0.717) is 17.9 Å². The standard InChI is InChI=1S/C20H21ClFN3O4S/c1-2-3-8-20(26)13-25(30(27,28)19-7-5-15(21)11-24-19)12-18(20)29-16-6-4-14(10-23)17(22)9-16/h4-7,9,11,18,26H,2-3,8,12-13H2,1H3/t18?,20-/m0/s1. The lowest BCUT2D eigenvalue weighted by Crippen LogP contribution is -2.45. The number of ether oxygens (including phenoxy) is 1. The zero-order valence-corrected chi connectivity index (χ0v) is 17.8. The minimum atomic E-state index is -3.99. The molecule has 10 heteroatoms. The number of rotatable bonds is 7. The minimum Gasteiger partial charge on any atom is -0.486 e. The summed E-state index contributed by atoms with van der Waals surface area (Å²) in [6.45, 7) is 1.65. The fourth-order valence-corrected chi connectivity index (χ4v) is 4.88. The second kappa shape index (κ2) is 8.86. The Labute approximate surface area is 179 Å². The number of aromatic nitrogens is 1. The molecule has 1 aromatic carbocycles. The quantitative estimate of drug-likeness (QED) is 0.690. The second-order valence-electron chi connectivity index (χ2n) is 7.18. The zero-order valence-electron chi connectivity index (χ0n) is 16.3. The first-order chi connectivity index (χ1) is 14.2. The molecule has 3 rings (SSSR count). The number of pyridine rings is 1. The Kier molecular flexibility index (Phi) is 6.62. The lowest BCUT2D eigenvalue weighted by atomic mass is 9.93. The molecule has 30 heavy (non-hydrogen) atoms. The molecule has 1 saturated heterocycles. The Morgan fingerprint density at radius 2 is 2.20 bits per heavy atom. The molecule has 1 aliphatic rings. The smallest absolute Gasteiger partial charge is 0.260 e. The predicted molar refractivity (Wildman–Crippen MR) is 108 cm³/mol. The molecule has 0 saturated carbocycles. The van der Waals surface area contributed by atoms with Gasteiger partial charge in [0.25, 0.3) is 10.0 Å². The van der Waals surface area contributed by atoms with Crippen LogP contribution in [0.2, 0.25) is 5.02 Å². The van der Waals surface area contributed by atoms with Crippen LogP contribution in [0.3, 0.4) is 0 Å². The van der Waals surface area contributed by atoms with Crippen LogP contribution >= 0.6 is 11.6 Å². The van der Waals surface area contributed by atoms with Crippen molar-refractivity contribution in [1.29, 1.82) is 5.26 Å². The van der Waals surface area contributed by atoms with Crippen LogP contribution in [-0.4, -0.2) is 47.6 Å². The van der Waals surface area contributed by atoms with Gasteiger partial charge in [-0.2, -0.15) is 9.57 Å². The maximum atomic E-state index is 13.9. The van der Waals surface area contributed by atoms with Gasteiger partial charge in [-0.05, 0) is 30.7 Å². The molecular weight excluding hydrogens is 433 g/mol. The third-order valence-electron chi connectivity index (χ3n) is 5.03. The van der Waals surface area contributed by atoms with Crippen LogP contribution in [0.15, 0.2) is 41.6 Å². The third-order valence-corrected chi connectivity index (χ3v) is 6.98. The highest BCUT2D eigenvalue weighted by Gasteiger charge is 2.50. The van der Waals surface area contributed by atoms with E-state index in [1.807, 2.05) is 6.92 Å². The minimum absolute atomic E-state index is 0.107. The zero-order chi connectivity index (χ0) is 21.9. The number of sulfonamides is 1. The van der Waals surface area contributed by atoms with E-state index in [1.165, 1.54) is 30.5 Å². The van der Waals surface area contributed by atoms with Crippen LogP contribution in [0.5, 0.6) is 5.75 Å². The van der Waals surface area contributed by atoms with E-state index in [4.69, 9.17) is 21.6 Å². The Hall–Kier alpha value is -2.25. The molecule has 7 nitrogen and oxygen atoms in total. The Morgan fingerprint density at radius 1 is 1.43 bits per heavy atom. The summed E-state index contributed by atoms with van der Waals surface area (Å²) < 4.78 is 46.9. The highest BCUT2D eigenvalue weighted by Crippen LogP contribution is 2.34. The largest absolute Gasteiger partial charge is 0.486 e. The van der Waals surface area contributed by atoms with Crippen molar-refractivity contribution >= 4 is 21.6 Å². The van der Waals surface area contributed by atoms with Crippen LogP contribution in [0.1, 0.15) is 31.7 Å². The summed E-state index contributed by atoms with van der Waals surface area (Å²) in [7, 11) is -3.99. The summed E-state index contributed by atoms with van der Waals surface area (Å²) in [5.41, 5.74) is -1.59. The third kappa shape index (κ3) is 4.57. The average Bonchev–Trinajstić information content (AvgIpc) is 3.04. The van der Waals surface area contributed by atoms with Crippen molar-refractivity contribution in [3.05, 3.63) is 52.9 Å². The number of aliphatic hydroxyl groups is 1. The van der Waals surface area contributed by atoms with Crippen molar-refractivity contribution in [2.24, 2.45) is 0 Å². The van der Waals surface area contributed by atoms with Crippen LogP contribution in [0.4, 0.5) is 4.39 Å². The number of unbranched alkanes of at least 4 members (excludes halogenated alkanes) is 1. The number of halogens is 2. The molecule has 160 valence electrons. The molecule has 2 atom stereocenters. The van der Waals surface area contributed by atoms with E-state index in [9.17, 15) is 17.9 Å². The van der Waals surface area contributed by atoms with Crippen molar-refractivity contribution in [3.8, 4) is 11.8 Å². The summed E-state index contributed by atoms with van der Waals surface area (Å²) in [6.07, 6.45) is 2.09. The first kappa shape index (κ1) is 22.4. The van der Waals surface area contributed by atoms with E-state index in [0.717, 1.165) is 16.8 Å². The highest BCUT2D eigenvalue weighted by atomic mass is 35.5. The van der Waals surface area contributed by atoms with Crippen molar-refractivity contribution < 1.29 is 22.7 Å². The molecule has 1 aromatic heterocycles. The molecule has 0 spiro atoms. The highest BCUT2D eigenvalue weighted by molar-refractivity contribution is 7.89. The van der Waals surface area contributed by atoms with Gasteiger partial charge in [0.2, 0.25) is 0 Å². The summed E-state index contributed by atoms with van der Waals surface area (Å²) in [4.78, 5) is 3.88. The van der Waals surface area contributed by atoms with E-state index < -0.39 is 27.5 Å². The number of nitrogens with zero attached hydrogens (tertiary/aromatic N) is 3. The predicted octanol–water partition coefficient (Wildman–Crippen LogP) is 3.12. The molecule has 0 amide bonds. The van der Waals surface area contributed by atoms with Gasteiger partial charge in [-0.25, -0.2) is 17.8 Å². The van der Waals surface area contributed by atoms with Gasteiger partial charge in [0.1, 0.15) is 29.3 Å². The van der Waals surface area contributed by atoms with Gasteiger partial charge in [-0.1, -0.05) is 31.4 Å². The van der Waals surface area contributed by atoms with E-state index in [-0.39, 0.29) is 29.4 Å². The molecule has 0 radical (unpaired) electrons. The molecule has 0 bridgehead atoms.